The molecular weight excluding hydrogens is 463 g/mol. The second-order valence-electron chi connectivity index (χ2n) is 8.27. The van der Waals surface area contributed by atoms with E-state index in [1.165, 1.54) is 32.2 Å². The van der Waals surface area contributed by atoms with Crippen molar-refractivity contribution in [2.75, 3.05) is 7.11 Å². The first kappa shape index (κ1) is 26.3. The van der Waals surface area contributed by atoms with E-state index < -0.39 is 35.7 Å². The Balaban J connectivity index is 1.73. The summed E-state index contributed by atoms with van der Waals surface area (Å²) in [4.78, 5) is 49.8. The van der Waals surface area contributed by atoms with E-state index >= 15 is 0 Å². The Labute approximate surface area is 208 Å². The van der Waals surface area contributed by atoms with Gasteiger partial charge in [0.2, 0.25) is 11.8 Å². The molecule has 0 saturated heterocycles. The normalized spacial score (nSPS) is 12.2. The van der Waals surface area contributed by atoms with Crippen LogP contribution >= 0.6 is 0 Å². The van der Waals surface area contributed by atoms with Crippen LogP contribution in [-0.2, 0) is 32.0 Å². The van der Waals surface area contributed by atoms with Gasteiger partial charge in [-0.3, -0.25) is 14.4 Å². The van der Waals surface area contributed by atoms with Crippen molar-refractivity contribution in [3.63, 3.8) is 0 Å². The smallest absolute Gasteiger partial charge is 0.328 e. The van der Waals surface area contributed by atoms with Gasteiger partial charge in [-0.25, -0.2) is 9.18 Å². The van der Waals surface area contributed by atoms with Crippen LogP contribution in [0.3, 0.4) is 0 Å². The molecular formula is C28H27FN2O5. The SMILES string of the molecule is COC(=O)[C@H](Cc1ccc(C(=O)c2ccccc2)cc1)NC(=O)[C@H](Cc1cccc(F)c1)NC(C)=O. The van der Waals surface area contributed by atoms with Gasteiger partial charge >= 0.3 is 5.97 Å². The number of nitrogens with one attached hydrogen (secondary N) is 2. The Morgan fingerprint density at radius 2 is 1.42 bits per heavy atom. The van der Waals surface area contributed by atoms with Crippen molar-refractivity contribution in [2.45, 2.75) is 31.8 Å². The number of ketones is 1. The van der Waals surface area contributed by atoms with Crippen LogP contribution in [0.1, 0.15) is 34.0 Å². The van der Waals surface area contributed by atoms with Crippen LogP contribution in [0.15, 0.2) is 78.9 Å². The summed E-state index contributed by atoms with van der Waals surface area (Å²) in [6.45, 7) is 1.27. The van der Waals surface area contributed by atoms with Gasteiger partial charge in [0.25, 0.3) is 0 Å². The molecule has 36 heavy (non-hydrogen) atoms. The highest BCUT2D eigenvalue weighted by atomic mass is 19.1. The summed E-state index contributed by atoms with van der Waals surface area (Å²) in [7, 11) is 1.21. The molecule has 0 heterocycles. The van der Waals surface area contributed by atoms with Crippen LogP contribution in [0.5, 0.6) is 0 Å². The highest BCUT2D eigenvalue weighted by Gasteiger charge is 2.27. The number of hydrogen-bond acceptors (Lipinski definition) is 5. The van der Waals surface area contributed by atoms with E-state index in [0.29, 0.717) is 22.3 Å². The molecule has 0 saturated carbocycles. The molecule has 0 aliphatic rings. The molecule has 2 atom stereocenters. The number of rotatable bonds is 10. The molecule has 3 aromatic rings. The minimum absolute atomic E-state index is 0.0351. The number of methoxy groups -OCH3 is 1. The molecule has 0 unspecified atom stereocenters. The average molecular weight is 491 g/mol. The van der Waals surface area contributed by atoms with E-state index in [-0.39, 0.29) is 18.6 Å². The van der Waals surface area contributed by atoms with E-state index in [4.69, 9.17) is 4.74 Å². The summed E-state index contributed by atoms with van der Waals surface area (Å²) >= 11 is 0. The van der Waals surface area contributed by atoms with Crippen molar-refractivity contribution >= 4 is 23.6 Å². The van der Waals surface area contributed by atoms with Gasteiger partial charge in [0.15, 0.2) is 5.78 Å². The minimum Gasteiger partial charge on any atom is -0.467 e. The Bertz CT molecular complexity index is 1230. The second-order valence-corrected chi connectivity index (χ2v) is 8.27. The van der Waals surface area contributed by atoms with E-state index in [1.54, 1.807) is 54.6 Å². The summed E-state index contributed by atoms with van der Waals surface area (Å²) in [5, 5.41) is 5.18. The van der Waals surface area contributed by atoms with Crippen LogP contribution in [0.25, 0.3) is 0 Å². The van der Waals surface area contributed by atoms with Crippen LogP contribution in [0, 0.1) is 5.82 Å². The topological polar surface area (TPSA) is 102 Å². The molecule has 2 N–H and O–H groups in total. The Morgan fingerprint density at radius 3 is 2.03 bits per heavy atom. The molecule has 0 aromatic heterocycles. The maximum Gasteiger partial charge on any atom is 0.328 e. The van der Waals surface area contributed by atoms with E-state index in [2.05, 4.69) is 10.6 Å². The highest BCUT2D eigenvalue weighted by molar-refractivity contribution is 6.08. The number of halogens is 1. The predicted molar refractivity (Wildman–Crippen MR) is 132 cm³/mol. The number of carbonyl (C=O) groups excluding carboxylic acids is 4. The lowest BCUT2D eigenvalue weighted by Crippen LogP contribution is -2.53. The molecule has 8 heteroatoms. The van der Waals surface area contributed by atoms with Crippen molar-refractivity contribution in [2.24, 2.45) is 0 Å². The Morgan fingerprint density at radius 1 is 0.778 bits per heavy atom. The maximum absolute atomic E-state index is 13.6. The van der Waals surface area contributed by atoms with Gasteiger partial charge in [0.05, 0.1) is 7.11 Å². The van der Waals surface area contributed by atoms with Crippen LogP contribution in [-0.4, -0.2) is 42.8 Å². The Hall–Kier alpha value is -4.33. The lowest BCUT2D eigenvalue weighted by atomic mass is 9.99. The summed E-state index contributed by atoms with van der Waals surface area (Å²) < 4.78 is 18.4. The third kappa shape index (κ3) is 7.33. The molecule has 0 radical (unpaired) electrons. The highest BCUT2D eigenvalue weighted by Crippen LogP contribution is 2.13. The molecule has 0 bridgehead atoms. The van der Waals surface area contributed by atoms with E-state index in [0.717, 1.165) is 0 Å². The Kier molecular flexibility index (Phi) is 9.05. The first-order chi connectivity index (χ1) is 17.3. The van der Waals surface area contributed by atoms with E-state index in [9.17, 15) is 23.6 Å². The quantitative estimate of drug-likeness (QED) is 0.336. The minimum atomic E-state index is -1.04. The largest absolute Gasteiger partial charge is 0.467 e. The molecule has 7 nitrogen and oxygen atoms in total. The number of ether oxygens (including phenoxy) is 1. The zero-order valence-electron chi connectivity index (χ0n) is 20.0. The molecule has 0 fully saturated rings. The molecule has 0 spiro atoms. The number of esters is 1. The fraction of sp³-hybridized carbons (Fsp3) is 0.214. The fourth-order valence-corrected chi connectivity index (χ4v) is 3.75. The maximum atomic E-state index is 13.6. The zero-order chi connectivity index (χ0) is 26.1. The zero-order valence-corrected chi connectivity index (χ0v) is 20.0. The van der Waals surface area contributed by atoms with Crippen LogP contribution in [0.2, 0.25) is 0 Å². The standard InChI is InChI=1S/C28H27FN2O5/c1-18(32)30-24(17-20-7-6-10-23(29)15-20)27(34)31-25(28(35)36-2)16-19-11-13-22(14-12-19)26(33)21-8-4-3-5-9-21/h3-15,24-25H,16-17H2,1-2H3,(H,30,32)(H,31,34)/t24-,25-/m0/s1. The van der Waals surface area contributed by atoms with Crippen molar-refractivity contribution in [1.82, 2.24) is 10.6 Å². The van der Waals surface area contributed by atoms with Gasteiger partial charge in [-0.2, -0.15) is 0 Å². The van der Waals surface area contributed by atoms with Gasteiger partial charge in [0.1, 0.15) is 17.9 Å². The van der Waals surface area contributed by atoms with Crippen molar-refractivity contribution in [3.8, 4) is 0 Å². The molecule has 0 aliphatic heterocycles. The third-order valence-electron chi connectivity index (χ3n) is 5.52. The number of hydrogen-bond donors (Lipinski definition) is 2. The van der Waals surface area contributed by atoms with Gasteiger partial charge in [-0.05, 0) is 23.3 Å². The van der Waals surface area contributed by atoms with Crippen molar-refractivity contribution in [3.05, 3.63) is 107 Å². The number of benzene rings is 3. The molecule has 3 rings (SSSR count). The second kappa shape index (κ2) is 12.4. The summed E-state index contributed by atoms with van der Waals surface area (Å²) in [6.07, 6.45) is 0.137. The monoisotopic (exact) mass is 490 g/mol. The summed E-state index contributed by atoms with van der Waals surface area (Å²) in [6, 6.07) is 19.2. The predicted octanol–water partition coefficient (Wildman–Crippen LogP) is 3.00. The average Bonchev–Trinajstić information content (AvgIpc) is 2.87. The number of amides is 2. The molecule has 186 valence electrons. The first-order valence-corrected chi connectivity index (χ1v) is 11.3. The molecule has 0 aliphatic carbocycles. The third-order valence-corrected chi connectivity index (χ3v) is 5.52. The first-order valence-electron chi connectivity index (χ1n) is 11.3. The lowest BCUT2D eigenvalue weighted by Gasteiger charge is -2.22. The lowest BCUT2D eigenvalue weighted by molar-refractivity contribution is -0.145. The van der Waals surface area contributed by atoms with Gasteiger partial charge < -0.3 is 15.4 Å². The summed E-state index contributed by atoms with van der Waals surface area (Å²) in [5.74, 6) is -2.31. The van der Waals surface area contributed by atoms with E-state index in [1.807, 2.05) is 6.07 Å². The molecule has 3 aromatic carbocycles. The van der Waals surface area contributed by atoms with Gasteiger partial charge in [0, 0.05) is 30.9 Å². The van der Waals surface area contributed by atoms with Crippen molar-refractivity contribution < 1.29 is 28.3 Å². The van der Waals surface area contributed by atoms with Crippen LogP contribution in [0.4, 0.5) is 4.39 Å². The van der Waals surface area contributed by atoms with Gasteiger partial charge in [-0.1, -0.05) is 66.7 Å². The number of carbonyl (C=O) groups is 4. The van der Waals surface area contributed by atoms with Crippen molar-refractivity contribution in [1.29, 1.82) is 0 Å². The summed E-state index contributed by atoms with van der Waals surface area (Å²) in [5.41, 5.74) is 2.25. The van der Waals surface area contributed by atoms with Gasteiger partial charge in [-0.15, -0.1) is 0 Å². The fourth-order valence-electron chi connectivity index (χ4n) is 3.75. The molecule has 2 amide bonds. The van der Waals surface area contributed by atoms with Crippen LogP contribution < -0.4 is 10.6 Å².